The van der Waals surface area contributed by atoms with Crippen molar-refractivity contribution >= 4 is 43.6 Å². The highest BCUT2D eigenvalue weighted by molar-refractivity contribution is 6.16. The second-order valence-electron chi connectivity index (χ2n) is 13.8. The highest BCUT2D eigenvalue weighted by Gasteiger charge is 2.17. The molecule has 0 saturated carbocycles. The zero-order valence-corrected chi connectivity index (χ0v) is 29.0. The molecule has 0 atom stereocenters. The molecular formula is C50H36N2. The maximum atomic E-state index is 2.41. The number of aryl methyl sites for hydroxylation is 1. The zero-order chi connectivity index (χ0) is 34.6. The molecule has 0 aliphatic rings. The molecule has 52 heavy (non-hydrogen) atoms. The van der Waals surface area contributed by atoms with Gasteiger partial charge in [-0.1, -0.05) is 145 Å². The van der Waals surface area contributed by atoms with Crippen LogP contribution in [0.1, 0.15) is 16.7 Å². The Labute approximate surface area is 303 Å². The Morgan fingerprint density at radius 3 is 1.44 bits per heavy atom. The molecule has 246 valence electrons. The molecule has 0 fully saturated rings. The first-order valence-corrected chi connectivity index (χ1v) is 18.1. The maximum Gasteiger partial charge on any atom is 0.0547 e. The molecule has 8 aromatic carbocycles. The summed E-state index contributed by atoms with van der Waals surface area (Å²) in [4.78, 5) is 0. The number of rotatable bonds is 6. The lowest BCUT2D eigenvalue weighted by atomic mass is 9.97. The Hall–Kier alpha value is -6.64. The Kier molecular flexibility index (Phi) is 7.14. The van der Waals surface area contributed by atoms with E-state index in [2.05, 4.69) is 204 Å². The summed E-state index contributed by atoms with van der Waals surface area (Å²) in [7, 11) is 0. The zero-order valence-electron chi connectivity index (χ0n) is 29.0. The van der Waals surface area contributed by atoms with E-state index in [-0.39, 0.29) is 0 Å². The van der Waals surface area contributed by atoms with Crippen LogP contribution in [0, 0.1) is 6.92 Å². The molecule has 10 aromatic rings. The van der Waals surface area contributed by atoms with Crippen molar-refractivity contribution in [2.24, 2.45) is 0 Å². The molecule has 2 heterocycles. The molecule has 10 rings (SSSR count). The Morgan fingerprint density at radius 1 is 0.365 bits per heavy atom. The molecular weight excluding hydrogens is 629 g/mol. The van der Waals surface area contributed by atoms with Crippen molar-refractivity contribution in [1.29, 1.82) is 0 Å². The summed E-state index contributed by atoms with van der Waals surface area (Å²) in [6, 6.07) is 68.7. The minimum Gasteiger partial charge on any atom is -0.309 e. The Bertz CT molecular complexity index is 2910. The van der Waals surface area contributed by atoms with E-state index in [9.17, 15) is 0 Å². The van der Waals surface area contributed by atoms with Crippen molar-refractivity contribution in [3.8, 4) is 33.6 Å². The predicted octanol–water partition coefficient (Wildman–Crippen LogP) is 13.1. The highest BCUT2D eigenvalue weighted by atomic mass is 15.0. The lowest BCUT2D eigenvalue weighted by Gasteiger charge is -2.11. The second kappa shape index (κ2) is 12.3. The number of para-hydroxylation sites is 3. The van der Waals surface area contributed by atoms with Gasteiger partial charge in [0, 0.05) is 32.9 Å². The van der Waals surface area contributed by atoms with Gasteiger partial charge in [0.15, 0.2) is 0 Å². The van der Waals surface area contributed by atoms with E-state index in [1.54, 1.807) is 0 Å². The molecule has 0 aliphatic heterocycles. The van der Waals surface area contributed by atoms with Crippen molar-refractivity contribution in [2.75, 3.05) is 0 Å². The molecule has 0 bridgehead atoms. The van der Waals surface area contributed by atoms with Crippen LogP contribution < -0.4 is 0 Å². The van der Waals surface area contributed by atoms with E-state index in [1.165, 1.54) is 93.9 Å². The van der Waals surface area contributed by atoms with Crippen LogP contribution in [0.15, 0.2) is 188 Å². The van der Waals surface area contributed by atoms with Crippen molar-refractivity contribution in [2.45, 2.75) is 13.3 Å². The highest BCUT2D eigenvalue weighted by Crippen LogP contribution is 2.40. The first-order valence-electron chi connectivity index (χ1n) is 18.1. The van der Waals surface area contributed by atoms with Gasteiger partial charge in [0.05, 0.1) is 22.1 Å². The molecule has 0 unspecified atom stereocenters. The fourth-order valence-corrected chi connectivity index (χ4v) is 8.27. The van der Waals surface area contributed by atoms with Crippen LogP contribution in [-0.4, -0.2) is 9.13 Å². The average molecular weight is 665 g/mol. The van der Waals surface area contributed by atoms with E-state index in [1.807, 2.05) is 0 Å². The van der Waals surface area contributed by atoms with E-state index in [0.717, 1.165) is 6.42 Å². The van der Waals surface area contributed by atoms with Gasteiger partial charge >= 0.3 is 0 Å². The summed E-state index contributed by atoms with van der Waals surface area (Å²) < 4.78 is 4.80. The normalized spacial score (nSPS) is 11.6. The lowest BCUT2D eigenvalue weighted by Crippen LogP contribution is -1.95. The molecule has 0 radical (unpaired) electrons. The molecule has 0 amide bonds. The summed E-state index contributed by atoms with van der Waals surface area (Å²) in [5, 5.41) is 5.14. The van der Waals surface area contributed by atoms with Gasteiger partial charge in [-0.15, -0.1) is 0 Å². The van der Waals surface area contributed by atoms with Crippen LogP contribution >= 0.6 is 0 Å². The smallest absolute Gasteiger partial charge is 0.0547 e. The minimum atomic E-state index is 0.878. The fourth-order valence-electron chi connectivity index (χ4n) is 8.27. The van der Waals surface area contributed by atoms with Crippen LogP contribution in [0.2, 0.25) is 0 Å². The van der Waals surface area contributed by atoms with Gasteiger partial charge in [0.2, 0.25) is 0 Å². The Balaban J connectivity index is 0.982. The minimum absolute atomic E-state index is 0.878. The van der Waals surface area contributed by atoms with Crippen LogP contribution in [-0.2, 0) is 6.42 Å². The summed E-state index contributed by atoms with van der Waals surface area (Å²) in [5.41, 5.74) is 16.1. The quantitative estimate of drug-likeness (QED) is 0.167. The molecule has 0 N–H and O–H groups in total. The molecule has 2 nitrogen and oxygen atoms in total. The van der Waals surface area contributed by atoms with E-state index < -0.39 is 0 Å². The van der Waals surface area contributed by atoms with Crippen molar-refractivity contribution in [1.82, 2.24) is 9.13 Å². The van der Waals surface area contributed by atoms with E-state index >= 15 is 0 Å². The fraction of sp³-hybridized carbons (Fsp3) is 0.0400. The monoisotopic (exact) mass is 664 g/mol. The maximum absolute atomic E-state index is 2.41. The average Bonchev–Trinajstić information content (AvgIpc) is 3.72. The summed E-state index contributed by atoms with van der Waals surface area (Å²) in [5.74, 6) is 0. The summed E-state index contributed by atoms with van der Waals surface area (Å²) in [6.45, 7) is 2.16. The molecule has 0 aliphatic carbocycles. The van der Waals surface area contributed by atoms with Crippen molar-refractivity contribution in [3.05, 3.63) is 205 Å². The van der Waals surface area contributed by atoms with Crippen LogP contribution in [0.5, 0.6) is 0 Å². The van der Waals surface area contributed by atoms with Gasteiger partial charge in [-0.2, -0.15) is 0 Å². The molecule has 2 aromatic heterocycles. The second-order valence-corrected chi connectivity index (χ2v) is 13.8. The number of aromatic nitrogens is 2. The third-order valence-corrected chi connectivity index (χ3v) is 10.6. The molecule has 2 heteroatoms. The van der Waals surface area contributed by atoms with Crippen LogP contribution in [0.3, 0.4) is 0 Å². The van der Waals surface area contributed by atoms with Crippen LogP contribution in [0.25, 0.3) is 77.2 Å². The van der Waals surface area contributed by atoms with Gasteiger partial charge in [-0.05, 0) is 95.3 Å². The van der Waals surface area contributed by atoms with Gasteiger partial charge in [0.25, 0.3) is 0 Å². The third-order valence-electron chi connectivity index (χ3n) is 10.6. The number of nitrogens with zero attached hydrogens (tertiary/aromatic N) is 2. The Morgan fingerprint density at radius 2 is 0.846 bits per heavy atom. The molecule has 0 saturated heterocycles. The number of hydrogen-bond donors (Lipinski definition) is 0. The van der Waals surface area contributed by atoms with Gasteiger partial charge in [-0.3, -0.25) is 0 Å². The first kappa shape index (κ1) is 30.2. The number of hydrogen-bond acceptors (Lipinski definition) is 0. The standard InChI is InChI=1S/C50H36N2/c1-34-12-9-13-38(32-34)42-19-11-23-48-50(42)44-17-6-8-21-46(44)52(48)40-30-26-36(27-31-40)33-35-24-28-37(29-25-35)41-18-10-22-47-49(41)43-16-5-7-20-45(43)51(47)39-14-3-2-4-15-39/h2-32H,33H2,1H3. The van der Waals surface area contributed by atoms with Crippen LogP contribution in [0.4, 0.5) is 0 Å². The van der Waals surface area contributed by atoms with E-state index in [0.29, 0.717) is 0 Å². The van der Waals surface area contributed by atoms with Crippen molar-refractivity contribution < 1.29 is 0 Å². The number of fused-ring (bicyclic) bond motifs is 6. The van der Waals surface area contributed by atoms with Gasteiger partial charge in [0.1, 0.15) is 0 Å². The van der Waals surface area contributed by atoms with Crippen molar-refractivity contribution in [3.63, 3.8) is 0 Å². The lowest BCUT2D eigenvalue weighted by molar-refractivity contribution is 1.15. The van der Waals surface area contributed by atoms with Gasteiger partial charge in [-0.25, -0.2) is 0 Å². The summed E-state index contributed by atoms with van der Waals surface area (Å²) in [6.07, 6.45) is 0.878. The predicted molar refractivity (Wildman–Crippen MR) is 220 cm³/mol. The van der Waals surface area contributed by atoms with E-state index in [4.69, 9.17) is 0 Å². The summed E-state index contributed by atoms with van der Waals surface area (Å²) >= 11 is 0. The number of benzene rings is 8. The first-order chi connectivity index (χ1) is 25.7. The largest absolute Gasteiger partial charge is 0.309 e. The third kappa shape index (κ3) is 4.95. The molecule has 0 spiro atoms. The topological polar surface area (TPSA) is 9.86 Å². The van der Waals surface area contributed by atoms with Gasteiger partial charge < -0.3 is 9.13 Å². The SMILES string of the molecule is Cc1cccc(-c2cccc3c2c2ccccc2n3-c2ccc(Cc3ccc(-c4cccc5c4c4ccccc4n5-c4ccccc4)cc3)cc2)c1.